The molecule has 3 heterocycles. The van der Waals surface area contributed by atoms with Crippen LogP contribution in [-0.4, -0.2) is 11.0 Å². The molecular weight excluding hydrogens is 366 g/mol. The molecule has 0 aliphatic carbocycles. The summed E-state index contributed by atoms with van der Waals surface area (Å²) in [4.78, 5) is 16.7. The van der Waals surface area contributed by atoms with Gasteiger partial charge in [-0.1, -0.05) is 18.2 Å². The molecule has 6 nitrogen and oxygen atoms in total. The van der Waals surface area contributed by atoms with Gasteiger partial charge in [-0.05, 0) is 30.3 Å². The third-order valence-corrected chi connectivity index (χ3v) is 4.61. The van der Waals surface area contributed by atoms with E-state index in [0.717, 1.165) is 5.01 Å². The highest BCUT2D eigenvalue weighted by Crippen LogP contribution is 2.24. The summed E-state index contributed by atoms with van der Waals surface area (Å²) >= 11 is 1.43. The van der Waals surface area contributed by atoms with E-state index in [0.29, 0.717) is 22.8 Å². The Morgan fingerprint density at radius 1 is 1.00 bits per heavy atom. The highest BCUT2D eigenvalue weighted by atomic mass is 32.1. The molecule has 7 heteroatoms. The van der Waals surface area contributed by atoms with E-state index in [1.54, 1.807) is 18.4 Å². The lowest BCUT2D eigenvalue weighted by molar-refractivity contribution is 0.0428. The second-order valence-corrected chi connectivity index (χ2v) is 6.43. The zero-order valence-corrected chi connectivity index (χ0v) is 15.0. The summed E-state index contributed by atoms with van der Waals surface area (Å²) in [6, 6.07) is 14.7. The maximum atomic E-state index is 12.3. The molecule has 0 fully saturated rings. The molecule has 1 aromatic carbocycles. The van der Waals surface area contributed by atoms with Crippen LogP contribution in [0.25, 0.3) is 10.8 Å². The lowest BCUT2D eigenvalue weighted by atomic mass is 10.2. The predicted octanol–water partition coefficient (Wildman–Crippen LogP) is 4.93. The second kappa shape index (κ2) is 7.92. The normalized spacial score (nSPS) is 10.7. The van der Waals surface area contributed by atoms with Gasteiger partial charge in [0.1, 0.15) is 19.0 Å². The van der Waals surface area contributed by atoms with E-state index in [4.69, 9.17) is 18.3 Å². The molecule has 0 saturated carbocycles. The maximum Gasteiger partial charge on any atom is 0.375 e. The summed E-state index contributed by atoms with van der Waals surface area (Å²) in [5.74, 6) is 0.974. The number of benzene rings is 1. The monoisotopic (exact) mass is 381 g/mol. The van der Waals surface area contributed by atoms with Crippen LogP contribution in [0.1, 0.15) is 21.8 Å². The number of carbonyl (C=O) groups is 1. The summed E-state index contributed by atoms with van der Waals surface area (Å²) in [5, 5.41) is 2.56. The smallest absolute Gasteiger partial charge is 0.375 e. The average molecular weight is 381 g/mol. The number of rotatable bonds is 7. The fraction of sp³-hybridized carbons (Fsp3) is 0.100. The summed E-state index contributed by atoms with van der Waals surface area (Å²) in [6.45, 7) is 0.264. The molecule has 0 radical (unpaired) electrons. The van der Waals surface area contributed by atoms with E-state index >= 15 is 0 Å². The van der Waals surface area contributed by atoms with Crippen LogP contribution < -0.4 is 4.74 Å². The molecule has 27 heavy (non-hydrogen) atoms. The van der Waals surface area contributed by atoms with Crippen molar-refractivity contribution in [2.75, 3.05) is 0 Å². The van der Waals surface area contributed by atoms with Crippen LogP contribution in [0.5, 0.6) is 5.75 Å². The summed E-state index contributed by atoms with van der Waals surface area (Å²) in [5.41, 5.74) is 1.27. The fourth-order valence-electron chi connectivity index (χ4n) is 2.40. The van der Waals surface area contributed by atoms with Crippen LogP contribution in [0.3, 0.4) is 0 Å². The van der Waals surface area contributed by atoms with Gasteiger partial charge < -0.3 is 18.3 Å². The molecule has 0 bridgehead atoms. The van der Waals surface area contributed by atoms with Crippen molar-refractivity contribution < 1.29 is 23.1 Å². The molecule has 0 aliphatic heterocycles. The molecule has 0 spiro atoms. The molecule has 3 aromatic heterocycles. The van der Waals surface area contributed by atoms with E-state index in [2.05, 4.69) is 4.98 Å². The Kier molecular flexibility index (Phi) is 5.02. The first-order valence-electron chi connectivity index (χ1n) is 8.19. The predicted molar refractivity (Wildman–Crippen MR) is 98.4 cm³/mol. The van der Waals surface area contributed by atoms with Gasteiger partial charge in [-0.25, -0.2) is 9.78 Å². The molecule has 0 amide bonds. The minimum atomic E-state index is -0.556. The van der Waals surface area contributed by atoms with Crippen molar-refractivity contribution in [3.05, 3.63) is 83.5 Å². The zero-order chi connectivity index (χ0) is 18.5. The van der Waals surface area contributed by atoms with E-state index in [9.17, 15) is 4.79 Å². The van der Waals surface area contributed by atoms with Crippen LogP contribution >= 0.6 is 11.3 Å². The zero-order valence-electron chi connectivity index (χ0n) is 14.2. The number of esters is 1. The Labute approximate surface area is 159 Å². The van der Waals surface area contributed by atoms with Crippen LogP contribution in [0.15, 0.2) is 75.3 Å². The van der Waals surface area contributed by atoms with Crippen molar-refractivity contribution in [2.45, 2.75) is 13.2 Å². The van der Waals surface area contributed by atoms with Gasteiger partial charge >= 0.3 is 5.97 Å². The first kappa shape index (κ1) is 17.1. The number of aromatic nitrogens is 1. The first-order valence-corrected chi connectivity index (χ1v) is 9.07. The van der Waals surface area contributed by atoms with Gasteiger partial charge in [0.15, 0.2) is 10.8 Å². The number of para-hydroxylation sites is 1. The minimum Gasteiger partial charge on any atom is -0.489 e. The Balaban J connectivity index is 1.36. The van der Waals surface area contributed by atoms with E-state index in [1.165, 1.54) is 17.6 Å². The molecule has 0 N–H and O–H groups in total. The number of ether oxygens (including phenoxy) is 2. The lowest BCUT2D eigenvalue weighted by Crippen LogP contribution is -2.08. The minimum absolute atomic E-state index is 0.0513. The fourth-order valence-corrected chi connectivity index (χ4v) is 3.17. The number of nitrogens with zero attached hydrogens (tertiary/aromatic N) is 1. The molecule has 4 rings (SSSR count). The number of hydrogen-bond acceptors (Lipinski definition) is 7. The molecule has 4 aromatic rings. The van der Waals surface area contributed by atoms with Crippen LogP contribution in [-0.2, 0) is 18.0 Å². The number of furan rings is 2. The summed E-state index contributed by atoms with van der Waals surface area (Å²) < 4.78 is 21.6. The standard InChI is InChI=1S/C20H15NO5S/c22-20(26-12-15-13-27-19(21-15)17-7-4-9-23-17)18-14(8-10-24-18)11-25-16-5-2-1-3-6-16/h1-10,13H,11-12H2. The molecule has 136 valence electrons. The average Bonchev–Trinajstić information content (AvgIpc) is 3.46. The van der Waals surface area contributed by atoms with Crippen molar-refractivity contribution in [3.8, 4) is 16.5 Å². The van der Waals surface area contributed by atoms with Crippen LogP contribution in [0, 0.1) is 0 Å². The lowest BCUT2D eigenvalue weighted by Gasteiger charge is -2.06. The van der Waals surface area contributed by atoms with Crippen molar-refractivity contribution >= 4 is 17.3 Å². The van der Waals surface area contributed by atoms with Gasteiger partial charge in [0.25, 0.3) is 0 Å². The van der Waals surface area contributed by atoms with E-state index in [1.807, 2.05) is 41.8 Å². The largest absolute Gasteiger partial charge is 0.489 e. The molecule has 0 unspecified atom stereocenters. The van der Waals surface area contributed by atoms with Gasteiger partial charge in [0, 0.05) is 10.9 Å². The molecule has 0 atom stereocenters. The van der Waals surface area contributed by atoms with Crippen LogP contribution in [0.4, 0.5) is 0 Å². The number of hydrogen-bond donors (Lipinski definition) is 0. The van der Waals surface area contributed by atoms with E-state index in [-0.39, 0.29) is 19.0 Å². The van der Waals surface area contributed by atoms with Crippen molar-refractivity contribution in [1.82, 2.24) is 4.98 Å². The Bertz CT molecular complexity index is 1000. The third-order valence-electron chi connectivity index (χ3n) is 3.70. The Morgan fingerprint density at radius 2 is 1.89 bits per heavy atom. The second-order valence-electron chi connectivity index (χ2n) is 5.57. The van der Waals surface area contributed by atoms with E-state index < -0.39 is 5.97 Å². The third kappa shape index (κ3) is 4.09. The quantitative estimate of drug-likeness (QED) is 0.423. The summed E-state index contributed by atoms with van der Waals surface area (Å²) in [7, 11) is 0. The molecule has 0 aliphatic rings. The van der Waals surface area contributed by atoms with Gasteiger partial charge in [-0.15, -0.1) is 11.3 Å². The number of carbonyl (C=O) groups excluding carboxylic acids is 1. The highest BCUT2D eigenvalue weighted by molar-refractivity contribution is 7.13. The van der Waals surface area contributed by atoms with Gasteiger partial charge in [0.2, 0.25) is 5.76 Å². The Hall–Kier alpha value is -3.32. The van der Waals surface area contributed by atoms with Gasteiger partial charge in [-0.2, -0.15) is 0 Å². The van der Waals surface area contributed by atoms with Crippen molar-refractivity contribution in [2.24, 2.45) is 0 Å². The number of thiazole rings is 1. The maximum absolute atomic E-state index is 12.3. The Morgan fingerprint density at radius 3 is 2.70 bits per heavy atom. The highest BCUT2D eigenvalue weighted by Gasteiger charge is 2.18. The molecular formula is C20H15NO5S. The first-order chi connectivity index (χ1) is 13.3. The van der Waals surface area contributed by atoms with Crippen LogP contribution in [0.2, 0.25) is 0 Å². The SMILES string of the molecule is O=C(OCc1csc(-c2ccco2)n1)c1occc1COc1ccccc1. The summed E-state index contributed by atoms with van der Waals surface area (Å²) in [6.07, 6.45) is 3.03. The topological polar surface area (TPSA) is 74.7 Å². The van der Waals surface area contributed by atoms with Crippen molar-refractivity contribution in [1.29, 1.82) is 0 Å². The van der Waals surface area contributed by atoms with Crippen molar-refractivity contribution in [3.63, 3.8) is 0 Å². The van der Waals surface area contributed by atoms with Gasteiger partial charge in [0.05, 0.1) is 18.2 Å². The molecule has 0 saturated heterocycles. The van der Waals surface area contributed by atoms with Gasteiger partial charge in [-0.3, -0.25) is 0 Å².